The zero-order chi connectivity index (χ0) is 11.2. The second kappa shape index (κ2) is 3.78. The molecule has 92 valence electrons. The SMILES string of the molecule is C1CC2C(n3nnc4c3CCNC4)CCN2C1. The molecular weight excluding hydrogens is 214 g/mol. The van der Waals surface area contributed by atoms with Crippen LogP contribution in [0.3, 0.4) is 0 Å². The minimum absolute atomic E-state index is 0.590. The van der Waals surface area contributed by atoms with E-state index in [0.29, 0.717) is 6.04 Å². The Labute approximate surface area is 101 Å². The molecule has 17 heavy (non-hydrogen) atoms. The lowest BCUT2D eigenvalue weighted by atomic mass is 10.1. The van der Waals surface area contributed by atoms with Crippen LogP contribution in [0.5, 0.6) is 0 Å². The fraction of sp³-hybridized carbons (Fsp3) is 0.833. The summed E-state index contributed by atoms with van der Waals surface area (Å²) in [7, 11) is 0. The molecule has 5 heteroatoms. The van der Waals surface area contributed by atoms with Crippen molar-refractivity contribution < 1.29 is 0 Å². The van der Waals surface area contributed by atoms with Crippen LogP contribution in [0.1, 0.15) is 36.7 Å². The third kappa shape index (κ3) is 1.45. The topological polar surface area (TPSA) is 46.0 Å². The molecule has 1 aromatic rings. The number of aromatic nitrogens is 3. The fourth-order valence-corrected chi connectivity index (χ4v) is 3.76. The predicted octanol–water partition coefficient (Wildman–Crippen LogP) is 0.333. The van der Waals surface area contributed by atoms with Crippen molar-refractivity contribution in [2.45, 2.75) is 44.3 Å². The second-order valence-electron chi connectivity index (χ2n) is 5.46. The van der Waals surface area contributed by atoms with Crippen molar-refractivity contribution >= 4 is 0 Å². The van der Waals surface area contributed by atoms with Gasteiger partial charge in [0.2, 0.25) is 0 Å². The normalized spacial score (nSPS) is 32.7. The van der Waals surface area contributed by atoms with Crippen LogP contribution in [-0.4, -0.2) is 45.6 Å². The third-order valence-electron chi connectivity index (χ3n) is 4.59. The molecule has 3 aliphatic heterocycles. The zero-order valence-electron chi connectivity index (χ0n) is 10.1. The molecule has 4 heterocycles. The third-order valence-corrected chi connectivity index (χ3v) is 4.59. The Morgan fingerprint density at radius 1 is 1.18 bits per heavy atom. The van der Waals surface area contributed by atoms with E-state index >= 15 is 0 Å². The molecule has 0 spiro atoms. The first-order chi connectivity index (χ1) is 8.43. The summed E-state index contributed by atoms with van der Waals surface area (Å²) in [5.74, 6) is 0. The van der Waals surface area contributed by atoms with Crippen molar-refractivity contribution in [2.75, 3.05) is 19.6 Å². The lowest BCUT2D eigenvalue weighted by Gasteiger charge is -2.23. The molecular formula is C12H19N5. The number of nitrogens with zero attached hydrogens (tertiary/aromatic N) is 4. The van der Waals surface area contributed by atoms with Gasteiger partial charge in [0.05, 0.1) is 17.4 Å². The molecule has 0 saturated carbocycles. The first kappa shape index (κ1) is 10.0. The van der Waals surface area contributed by atoms with Gasteiger partial charge in [0.15, 0.2) is 0 Å². The highest BCUT2D eigenvalue weighted by atomic mass is 15.5. The van der Waals surface area contributed by atoms with Gasteiger partial charge in [0.1, 0.15) is 0 Å². The van der Waals surface area contributed by atoms with Gasteiger partial charge in [0, 0.05) is 32.1 Å². The van der Waals surface area contributed by atoms with Crippen LogP contribution in [0.4, 0.5) is 0 Å². The van der Waals surface area contributed by atoms with Crippen molar-refractivity contribution in [2.24, 2.45) is 0 Å². The Morgan fingerprint density at radius 2 is 2.18 bits per heavy atom. The smallest absolute Gasteiger partial charge is 0.0997 e. The second-order valence-corrected chi connectivity index (χ2v) is 5.46. The Hall–Kier alpha value is -0.940. The highest BCUT2D eigenvalue weighted by Crippen LogP contribution is 2.36. The monoisotopic (exact) mass is 233 g/mol. The summed E-state index contributed by atoms with van der Waals surface area (Å²) in [5.41, 5.74) is 2.56. The van der Waals surface area contributed by atoms with E-state index in [0.717, 1.165) is 25.6 Å². The molecule has 0 aliphatic carbocycles. The number of fused-ring (bicyclic) bond motifs is 2. The number of rotatable bonds is 1. The van der Waals surface area contributed by atoms with Gasteiger partial charge in [-0.25, -0.2) is 4.68 Å². The standard InChI is InChI=1S/C12H19N5/c1-2-11-12(4-7-16(11)6-1)17-10-3-5-13-8-9(10)14-15-17/h11-13H,1-8H2. The van der Waals surface area contributed by atoms with E-state index in [9.17, 15) is 0 Å². The van der Waals surface area contributed by atoms with Gasteiger partial charge in [-0.15, -0.1) is 5.10 Å². The van der Waals surface area contributed by atoms with Crippen molar-refractivity contribution in [3.05, 3.63) is 11.4 Å². The van der Waals surface area contributed by atoms with E-state index in [-0.39, 0.29) is 0 Å². The molecule has 2 unspecified atom stereocenters. The highest BCUT2D eigenvalue weighted by molar-refractivity contribution is 5.15. The molecule has 3 aliphatic rings. The van der Waals surface area contributed by atoms with Gasteiger partial charge in [-0.1, -0.05) is 5.21 Å². The largest absolute Gasteiger partial charge is 0.311 e. The van der Waals surface area contributed by atoms with Crippen molar-refractivity contribution in [1.29, 1.82) is 0 Å². The average molecular weight is 233 g/mol. The van der Waals surface area contributed by atoms with Crippen LogP contribution < -0.4 is 5.32 Å². The van der Waals surface area contributed by atoms with E-state index < -0.39 is 0 Å². The first-order valence-corrected chi connectivity index (χ1v) is 6.81. The maximum absolute atomic E-state index is 4.44. The van der Waals surface area contributed by atoms with Gasteiger partial charge < -0.3 is 5.32 Å². The van der Waals surface area contributed by atoms with E-state index in [4.69, 9.17) is 0 Å². The summed E-state index contributed by atoms with van der Waals surface area (Å²) in [6, 6.07) is 1.32. The molecule has 5 nitrogen and oxygen atoms in total. The summed E-state index contributed by atoms with van der Waals surface area (Å²) in [6.45, 7) is 4.51. The minimum atomic E-state index is 0.590. The molecule has 4 rings (SSSR count). The Balaban J connectivity index is 1.68. The minimum Gasteiger partial charge on any atom is -0.311 e. The molecule has 2 saturated heterocycles. The number of hydrogen-bond acceptors (Lipinski definition) is 4. The van der Waals surface area contributed by atoms with Crippen LogP contribution in [-0.2, 0) is 13.0 Å². The van der Waals surface area contributed by atoms with Gasteiger partial charge >= 0.3 is 0 Å². The fourth-order valence-electron chi connectivity index (χ4n) is 3.76. The molecule has 2 fully saturated rings. The first-order valence-electron chi connectivity index (χ1n) is 6.81. The van der Waals surface area contributed by atoms with Crippen molar-refractivity contribution in [3.8, 4) is 0 Å². The van der Waals surface area contributed by atoms with Crippen LogP contribution in [0.15, 0.2) is 0 Å². The molecule has 2 atom stereocenters. The van der Waals surface area contributed by atoms with E-state index in [2.05, 4.69) is 25.2 Å². The van der Waals surface area contributed by atoms with Gasteiger partial charge in [-0.05, 0) is 25.8 Å². The van der Waals surface area contributed by atoms with Crippen molar-refractivity contribution in [1.82, 2.24) is 25.2 Å². The summed E-state index contributed by atoms with van der Waals surface area (Å²) in [6.07, 6.45) is 5.05. The lowest BCUT2D eigenvalue weighted by molar-refractivity contribution is 0.276. The molecule has 1 N–H and O–H groups in total. The van der Waals surface area contributed by atoms with Crippen LogP contribution >= 0.6 is 0 Å². The van der Waals surface area contributed by atoms with Crippen LogP contribution in [0, 0.1) is 0 Å². The molecule has 1 aromatic heterocycles. The quantitative estimate of drug-likeness (QED) is 0.759. The molecule has 0 amide bonds. The average Bonchev–Trinajstić information content (AvgIpc) is 3.02. The molecule has 0 aromatic carbocycles. The zero-order valence-corrected chi connectivity index (χ0v) is 10.1. The molecule has 0 bridgehead atoms. The van der Waals surface area contributed by atoms with Crippen molar-refractivity contribution in [3.63, 3.8) is 0 Å². The van der Waals surface area contributed by atoms with Gasteiger partial charge in [0.25, 0.3) is 0 Å². The maximum Gasteiger partial charge on any atom is 0.0997 e. The summed E-state index contributed by atoms with van der Waals surface area (Å²) >= 11 is 0. The Morgan fingerprint density at radius 3 is 3.18 bits per heavy atom. The van der Waals surface area contributed by atoms with E-state index in [1.807, 2.05) is 0 Å². The summed E-state index contributed by atoms with van der Waals surface area (Å²) in [5, 5.41) is 12.2. The molecule has 0 radical (unpaired) electrons. The lowest BCUT2D eigenvalue weighted by Crippen LogP contribution is -2.31. The number of hydrogen-bond donors (Lipinski definition) is 1. The van der Waals surface area contributed by atoms with E-state index in [1.165, 1.54) is 43.7 Å². The number of nitrogens with one attached hydrogen (secondary N) is 1. The van der Waals surface area contributed by atoms with Crippen LogP contribution in [0.2, 0.25) is 0 Å². The van der Waals surface area contributed by atoms with Gasteiger partial charge in [-0.3, -0.25) is 4.90 Å². The Bertz CT molecular complexity index is 427. The van der Waals surface area contributed by atoms with E-state index in [1.54, 1.807) is 0 Å². The maximum atomic E-state index is 4.44. The highest BCUT2D eigenvalue weighted by Gasteiger charge is 2.40. The van der Waals surface area contributed by atoms with Gasteiger partial charge in [-0.2, -0.15) is 0 Å². The Kier molecular flexibility index (Phi) is 2.23. The predicted molar refractivity (Wildman–Crippen MR) is 63.7 cm³/mol. The van der Waals surface area contributed by atoms with Crippen LogP contribution in [0.25, 0.3) is 0 Å². The summed E-state index contributed by atoms with van der Waals surface area (Å²) in [4.78, 5) is 2.64. The summed E-state index contributed by atoms with van der Waals surface area (Å²) < 4.78 is 2.26.